The molecular weight excluding hydrogens is 240 g/mol. The van der Waals surface area contributed by atoms with Gasteiger partial charge in [-0.3, -0.25) is 0 Å². The van der Waals surface area contributed by atoms with Crippen LogP contribution in [0, 0.1) is 0 Å². The van der Waals surface area contributed by atoms with Gasteiger partial charge in [0.1, 0.15) is 0 Å². The highest BCUT2D eigenvalue weighted by atomic mass is 32.2. The highest BCUT2D eigenvalue weighted by Crippen LogP contribution is 2.29. The Labute approximate surface area is 118 Å². The predicted octanol–water partition coefficient (Wildman–Crippen LogP) is 3.37. The van der Waals surface area contributed by atoms with Crippen molar-refractivity contribution < 1.29 is 0 Å². The number of nitrogens with zero attached hydrogens (tertiary/aromatic N) is 1. The average molecular weight is 273 g/mol. The van der Waals surface area contributed by atoms with Crippen molar-refractivity contribution in [1.29, 1.82) is 0 Å². The van der Waals surface area contributed by atoms with Crippen molar-refractivity contribution in [3.05, 3.63) is 0 Å². The summed E-state index contributed by atoms with van der Waals surface area (Å²) in [6.45, 7) is 16.5. The number of hydrogen-bond acceptors (Lipinski definition) is 3. The standard InChI is InChI=1S/C15H32N2S/c1-14(2,3)16-9-7-6-8-10-17-11-12-18-15(4,5)13-17/h16H,6-13H2,1-5H3. The van der Waals surface area contributed by atoms with Crippen LogP contribution in [-0.2, 0) is 0 Å². The summed E-state index contributed by atoms with van der Waals surface area (Å²) in [6.07, 6.45) is 4.02. The van der Waals surface area contributed by atoms with Crippen LogP contribution in [0.2, 0.25) is 0 Å². The van der Waals surface area contributed by atoms with E-state index in [9.17, 15) is 0 Å². The molecule has 0 aromatic carbocycles. The van der Waals surface area contributed by atoms with E-state index in [0.717, 1.165) is 6.54 Å². The lowest BCUT2D eigenvalue weighted by Crippen LogP contribution is -2.43. The number of thioether (sulfide) groups is 1. The number of hydrogen-bond donors (Lipinski definition) is 1. The predicted molar refractivity (Wildman–Crippen MR) is 84.6 cm³/mol. The maximum absolute atomic E-state index is 3.56. The zero-order chi connectivity index (χ0) is 13.6. The Morgan fingerprint density at radius 2 is 1.89 bits per heavy atom. The number of unbranched alkanes of at least 4 members (excludes halogenated alkanes) is 2. The normalized spacial score (nSPS) is 21.2. The molecule has 0 amide bonds. The summed E-state index contributed by atoms with van der Waals surface area (Å²) in [6, 6.07) is 0. The second-order valence-corrected chi connectivity index (χ2v) is 8.92. The summed E-state index contributed by atoms with van der Waals surface area (Å²) in [4.78, 5) is 2.65. The summed E-state index contributed by atoms with van der Waals surface area (Å²) in [5.74, 6) is 1.30. The van der Waals surface area contributed by atoms with Crippen molar-refractivity contribution in [2.75, 3.05) is 31.9 Å². The molecule has 0 atom stereocenters. The molecule has 0 bridgehead atoms. The first-order valence-electron chi connectivity index (χ1n) is 7.40. The van der Waals surface area contributed by atoms with Crippen LogP contribution >= 0.6 is 11.8 Å². The van der Waals surface area contributed by atoms with Crippen molar-refractivity contribution in [3.63, 3.8) is 0 Å². The van der Waals surface area contributed by atoms with Crippen LogP contribution in [0.1, 0.15) is 53.9 Å². The van der Waals surface area contributed by atoms with E-state index in [4.69, 9.17) is 0 Å². The van der Waals surface area contributed by atoms with Crippen molar-refractivity contribution in [1.82, 2.24) is 10.2 Å². The summed E-state index contributed by atoms with van der Waals surface area (Å²) in [5, 5.41) is 3.56. The second kappa shape index (κ2) is 7.16. The molecule has 1 aliphatic rings. The third-order valence-corrected chi connectivity index (χ3v) is 4.61. The summed E-state index contributed by atoms with van der Waals surface area (Å²) in [7, 11) is 0. The Morgan fingerprint density at radius 3 is 2.50 bits per heavy atom. The van der Waals surface area contributed by atoms with Crippen LogP contribution < -0.4 is 5.32 Å². The largest absolute Gasteiger partial charge is 0.312 e. The van der Waals surface area contributed by atoms with Gasteiger partial charge in [0.2, 0.25) is 0 Å². The lowest BCUT2D eigenvalue weighted by Gasteiger charge is -2.37. The van der Waals surface area contributed by atoms with E-state index in [2.05, 4.69) is 56.6 Å². The van der Waals surface area contributed by atoms with Gasteiger partial charge in [-0.2, -0.15) is 11.8 Å². The third kappa shape index (κ3) is 7.65. The van der Waals surface area contributed by atoms with Gasteiger partial charge in [0.05, 0.1) is 0 Å². The molecule has 0 spiro atoms. The minimum absolute atomic E-state index is 0.272. The Morgan fingerprint density at radius 1 is 1.17 bits per heavy atom. The molecule has 1 N–H and O–H groups in total. The molecule has 0 saturated carbocycles. The van der Waals surface area contributed by atoms with E-state index < -0.39 is 0 Å². The van der Waals surface area contributed by atoms with Gasteiger partial charge in [-0.15, -0.1) is 0 Å². The summed E-state index contributed by atoms with van der Waals surface area (Å²) in [5.41, 5.74) is 0.272. The first-order chi connectivity index (χ1) is 8.29. The van der Waals surface area contributed by atoms with Crippen LogP contribution in [0.5, 0.6) is 0 Å². The lowest BCUT2D eigenvalue weighted by atomic mass is 10.1. The van der Waals surface area contributed by atoms with Gasteiger partial charge in [-0.05, 0) is 60.5 Å². The molecule has 18 heavy (non-hydrogen) atoms. The van der Waals surface area contributed by atoms with E-state index in [0.29, 0.717) is 4.75 Å². The van der Waals surface area contributed by atoms with E-state index >= 15 is 0 Å². The second-order valence-electron chi connectivity index (χ2n) is 7.12. The molecule has 0 aromatic heterocycles. The minimum atomic E-state index is 0.272. The first kappa shape index (κ1) is 16.3. The van der Waals surface area contributed by atoms with E-state index in [1.807, 2.05) is 0 Å². The van der Waals surface area contributed by atoms with Crippen molar-refractivity contribution in [2.24, 2.45) is 0 Å². The van der Waals surface area contributed by atoms with Crippen molar-refractivity contribution in [2.45, 2.75) is 64.2 Å². The van der Waals surface area contributed by atoms with Crippen LogP contribution in [0.15, 0.2) is 0 Å². The van der Waals surface area contributed by atoms with Gasteiger partial charge in [-0.25, -0.2) is 0 Å². The maximum atomic E-state index is 3.56. The number of nitrogens with one attached hydrogen (secondary N) is 1. The lowest BCUT2D eigenvalue weighted by molar-refractivity contribution is 0.254. The fraction of sp³-hybridized carbons (Fsp3) is 1.00. The van der Waals surface area contributed by atoms with E-state index in [-0.39, 0.29) is 5.54 Å². The molecule has 2 nitrogen and oxygen atoms in total. The molecule has 1 saturated heterocycles. The molecule has 0 aromatic rings. The topological polar surface area (TPSA) is 15.3 Å². The molecule has 1 aliphatic heterocycles. The Hall–Kier alpha value is 0.270. The quantitative estimate of drug-likeness (QED) is 0.746. The smallest absolute Gasteiger partial charge is 0.0231 e. The monoisotopic (exact) mass is 272 g/mol. The maximum Gasteiger partial charge on any atom is 0.0231 e. The van der Waals surface area contributed by atoms with Gasteiger partial charge in [-0.1, -0.05) is 6.42 Å². The SMILES string of the molecule is CC(C)(C)NCCCCCN1CCSC(C)(C)C1. The molecule has 0 unspecified atom stereocenters. The van der Waals surface area contributed by atoms with E-state index in [1.165, 1.54) is 44.6 Å². The molecular formula is C15H32N2S. The molecule has 1 rings (SSSR count). The van der Waals surface area contributed by atoms with Gasteiger partial charge >= 0.3 is 0 Å². The Kier molecular flexibility index (Phi) is 6.49. The average Bonchev–Trinajstić information content (AvgIpc) is 2.20. The molecule has 0 radical (unpaired) electrons. The fourth-order valence-corrected chi connectivity index (χ4v) is 3.58. The molecule has 0 aliphatic carbocycles. The van der Waals surface area contributed by atoms with Crippen LogP contribution in [-0.4, -0.2) is 47.1 Å². The van der Waals surface area contributed by atoms with Crippen molar-refractivity contribution in [3.8, 4) is 0 Å². The Bertz CT molecular complexity index is 233. The zero-order valence-electron chi connectivity index (χ0n) is 13.0. The zero-order valence-corrected chi connectivity index (χ0v) is 13.8. The van der Waals surface area contributed by atoms with Crippen LogP contribution in [0.4, 0.5) is 0 Å². The highest BCUT2D eigenvalue weighted by Gasteiger charge is 2.26. The highest BCUT2D eigenvalue weighted by molar-refractivity contribution is 8.00. The third-order valence-electron chi connectivity index (χ3n) is 3.31. The summed E-state index contributed by atoms with van der Waals surface area (Å²) < 4.78 is 0.464. The summed E-state index contributed by atoms with van der Waals surface area (Å²) >= 11 is 2.12. The fourth-order valence-electron chi connectivity index (χ4n) is 2.41. The molecule has 3 heteroatoms. The van der Waals surface area contributed by atoms with Gasteiger partial charge < -0.3 is 10.2 Å². The van der Waals surface area contributed by atoms with Crippen LogP contribution in [0.3, 0.4) is 0 Å². The molecule has 1 heterocycles. The van der Waals surface area contributed by atoms with E-state index in [1.54, 1.807) is 0 Å². The van der Waals surface area contributed by atoms with Gasteiger partial charge in [0, 0.05) is 29.1 Å². The van der Waals surface area contributed by atoms with Crippen molar-refractivity contribution >= 4 is 11.8 Å². The first-order valence-corrected chi connectivity index (χ1v) is 8.38. The Balaban J connectivity index is 2.01. The number of rotatable bonds is 6. The molecule has 1 fully saturated rings. The molecule has 108 valence electrons. The van der Waals surface area contributed by atoms with Crippen LogP contribution in [0.25, 0.3) is 0 Å². The minimum Gasteiger partial charge on any atom is -0.312 e. The van der Waals surface area contributed by atoms with Gasteiger partial charge in [0.25, 0.3) is 0 Å². The van der Waals surface area contributed by atoms with Gasteiger partial charge in [0.15, 0.2) is 0 Å².